The van der Waals surface area contributed by atoms with Crippen LogP contribution in [0.2, 0.25) is 0 Å². The largest absolute Gasteiger partial charge is 0.497 e. The third-order valence-corrected chi connectivity index (χ3v) is 12.6. The van der Waals surface area contributed by atoms with Crippen LogP contribution in [0.25, 0.3) is 28.0 Å². The quantitative estimate of drug-likeness (QED) is 0.179. The van der Waals surface area contributed by atoms with Crippen molar-refractivity contribution in [1.29, 1.82) is 0 Å². The Balaban J connectivity index is 1.24. The maximum atomic E-state index is 7.70. The maximum absolute atomic E-state index is 7.70. The number of hydrogen-bond donors (Lipinski definition) is 0. The highest BCUT2D eigenvalue weighted by molar-refractivity contribution is 6.09. The van der Waals surface area contributed by atoms with Gasteiger partial charge in [0.15, 0.2) is 17.1 Å². The highest BCUT2D eigenvalue weighted by atomic mass is 16.7. The molecule has 0 N–H and O–H groups in total. The van der Waals surface area contributed by atoms with E-state index >= 15 is 0 Å². The lowest BCUT2D eigenvalue weighted by Crippen LogP contribution is -2.47. The summed E-state index contributed by atoms with van der Waals surface area (Å²) in [6, 6.07) is 28.1. The second kappa shape index (κ2) is 13.1. The summed E-state index contributed by atoms with van der Waals surface area (Å²) in [5, 5.41) is 2.17. The van der Waals surface area contributed by atoms with Crippen LogP contribution in [0, 0.1) is 6.92 Å². The van der Waals surface area contributed by atoms with Crippen molar-refractivity contribution in [1.82, 2.24) is 4.90 Å². The standard InChI is InChI=1S/C47H47NO6/c1-30-9-18-35-39(27-30)46(20-7-5-4-6-8-21-46)43-36-19-22-47(31-10-14-33(49-2)15-11-31,32-12-16-34(50-3)17-13-32)54-44(36)38-29-41-40(28-37(38)42(35)43)52-45(53-41)48-23-25-51-26-24-48/h9-19,22,27-29,45H,4-8,20-21,23-26H2,1-3H3. The Bertz CT molecular complexity index is 2210. The van der Waals surface area contributed by atoms with Crippen molar-refractivity contribution in [2.75, 3.05) is 40.5 Å². The second-order valence-electron chi connectivity index (χ2n) is 15.6. The molecule has 54 heavy (non-hydrogen) atoms. The maximum Gasteiger partial charge on any atom is 0.305 e. The molecule has 0 bridgehead atoms. The lowest BCUT2D eigenvalue weighted by molar-refractivity contribution is -0.121. The highest BCUT2D eigenvalue weighted by Gasteiger charge is 2.49. The zero-order valence-electron chi connectivity index (χ0n) is 31.4. The third-order valence-electron chi connectivity index (χ3n) is 12.6. The molecule has 5 aliphatic rings. The minimum Gasteiger partial charge on any atom is -0.497 e. The molecule has 1 atom stereocenters. The molecule has 2 aliphatic carbocycles. The van der Waals surface area contributed by atoms with E-state index in [0.717, 1.165) is 76.6 Å². The fraction of sp³-hybridized carbons (Fsp3) is 0.362. The fourth-order valence-corrected chi connectivity index (χ4v) is 9.88. The van der Waals surface area contributed by atoms with Gasteiger partial charge in [0.1, 0.15) is 17.2 Å². The van der Waals surface area contributed by atoms with E-state index in [2.05, 4.69) is 78.6 Å². The van der Waals surface area contributed by atoms with Crippen molar-refractivity contribution in [3.05, 3.63) is 118 Å². The van der Waals surface area contributed by atoms with Gasteiger partial charge in [-0.1, -0.05) is 86.2 Å². The van der Waals surface area contributed by atoms with Gasteiger partial charge >= 0.3 is 6.41 Å². The number of morpholine rings is 1. The van der Waals surface area contributed by atoms with E-state index in [1.165, 1.54) is 65.5 Å². The van der Waals surface area contributed by atoms with Crippen LogP contribution in [0.1, 0.15) is 78.3 Å². The minimum absolute atomic E-state index is 0.115. The van der Waals surface area contributed by atoms with E-state index in [0.29, 0.717) is 13.2 Å². The van der Waals surface area contributed by atoms with Crippen LogP contribution in [-0.2, 0) is 15.8 Å². The summed E-state index contributed by atoms with van der Waals surface area (Å²) in [6.07, 6.45) is 12.6. The normalized spacial score (nSPS) is 20.8. The predicted molar refractivity (Wildman–Crippen MR) is 211 cm³/mol. The molecule has 0 aromatic heterocycles. The predicted octanol–water partition coefficient (Wildman–Crippen LogP) is 9.91. The number of fused-ring (bicyclic) bond motifs is 11. The number of rotatable bonds is 5. The Morgan fingerprint density at radius 1 is 0.704 bits per heavy atom. The monoisotopic (exact) mass is 721 g/mol. The summed E-state index contributed by atoms with van der Waals surface area (Å²) >= 11 is 0. The molecular formula is C47H47NO6. The van der Waals surface area contributed by atoms with Gasteiger partial charge in [0, 0.05) is 40.6 Å². The van der Waals surface area contributed by atoms with Gasteiger partial charge in [-0.05, 0) is 89.9 Å². The first kappa shape index (κ1) is 33.6. The molecule has 3 heterocycles. The van der Waals surface area contributed by atoms with Gasteiger partial charge < -0.3 is 28.4 Å². The Labute approximate surface area is 317 Å². The number of hydrogen-bond acceptors (Lipinski definition) is 7. The number of methoxy groups -OCH3 is 2. The van der Waals surface area contributed by atoms with E-state index in [-0.39, 0.29) is 5.41 Å². The van der Waals surface area contributed by atoms with E-state index in [1.54, 1.807) is 14.2 Å². The zero-order chi connectivity index (χ0) is 36.4. The molecule has 10 rings (SSSR count). The van der Waals surface area contributed by atoms with Crippen LogP contribution in [0.15, 0.2) is 84.9 Å². The first-order valence-corrected chi connectivity index (χ1v) is 19.6. The number of aryl methyl sites for hydroxylation is 1. The first-order chi connectivity index (χ1) is 26.5. The molecule has 5 aromatic carbocycles. The van der Waals surface area contributed by atoms with E-state index in [1.807, 2.05) is 24.3 Å². The van der Waals surface area contributed by atoms with Crippen molar-refractivity contribution < 1.29 is 28.4 Å². The summed E-state index contributed by atoms with van der Waals surface area (Å²) in [5.41, 5.74) is 8.99. The Morgan fingerprint density at radius 3 is 1.94 bits per heavy atom. The van der Waals surface area contributed by atoms with Crippen LogP contribution >= 0.6 is 0 Å². The van der Waals surface area contributed by atoms with Crippen LogP contribution in [0.4, 0.5) is 0 Å². The summed E-state index contributed by atoms with van der Waals surface area (Å²) in [4.78, 5) is 2.22. The lowest BCUT2D eigenvalue weighted by Gasteiger charge is -2.40. The van der Waals surface area contributed by atoms with Crippen LogP contribution in [0.5, 0.6) is 28.7 Å². The molecule has 7 heteroatoms. The molecular weight excluding hydrogens is 675 g/mol. The fourth-order valence-electron chi connectivity index (χ4n) is 9.88. The summed E-state index contributed by atoms with van der Waals surface area (Å²) < 4.78 is 37.8. The average molecular weight is 722 g/mol. The summed E-state index contributed by atoms with van der Waals surface area (Å²) in [5.74, 6) is 3.99. The minimum atomic E-state index is -0.921. The number of benzene rings is 5. The average Bonchev–Trinajstić information content (AvgIpc) is 3.76. The smallest absolute Gasteiger partial charge is 0.305 e. The molecule has 1 saturated heterocycles. The second-order valence-corrected chi connectivity index (χ2v) is 15.6. The molecule has 5 aromatic rings. The highest BCUT2D eigenvalue weighted by Crippen LogP contribution is 2.62. The molecule has 1 saturated carbocycles. The van der Waals surface area contributed by atoms with Crippen LogP contribution < -0.4 is 23.7 Å². The molecule has 7 nitrogen and oxygen atoms in total. The summed E-state index contributed by atoms with van der Waals surface area (Å²) in [6.45, 7) is 5.09. The lowest BCUT2D eigenvalue weighted by atomic mass is 9.67. The Hall–Kier alpha value is -4.98. The Kier molecular flexibility index (Phi) is 8.15. The van der Waals surface area contributed by atoms with Crippen molar-refractivity contribution in [2.45, 2.75) is 69.3 Å². The molecule has 0 amide bonds. The molecule has 0 radical (unpaired) electrons. The van der Waals surface area contributed by atoms with Gasteiger partial charge in [-0.2, -0.15) is 0 Å². The van der Waals surface area contributed by atoms with E-state index < -0.39 is 12.0 Å². The topological polar surface area (TPSA) is 58.6 Å². The molecule has 2 fully saturated rings. The summed E-state index contributed by atoms with van der Waals surface area (Å²) in [7, 11) is 3.40. The molecule has 1 unspecified atom stereocenters. The number of nitrogens with zero attached hydrogens (tertiary/aromatic N) is 1. The van der Waals surface area contributed by atoms with Crippen molar-refractivity contribution in [2.24, 2.45) is 0 Å². The Morgan fingerprint density at radius 2 is 1.31 bits per heavy atom. The van der Waals surface area contributed by atoms with Gasteiger partial charge in [0.05, 0.1) is 27.4 Å². The number of ether oxygens (including phenoxy) is 6. The van der Waals surface area contributed by atoms with Crippen molar-refractivity contribution in [3.8, 4) is 39.9 Å². The van der Waals surface area contributed by atoms with E-state index in [9.17, 15) is 0 Å². The van der Waals surface area contributed by atoms with Crippen molar-refractivity contribution in [3.63, 3.8) is 0 Å². The van der Waals surface area contributed by atoms with Crippen LogP contribution in [0.3, 0.4) is 0 Å². The first-order valence-electron chi connectivity index (χ1n) is 19.6. The molecule has 276 valence electrons. The van der Waals surface area contributed by atoms with Gasteiger partial charge in [-0.15, -0.1) is 0 Å². The van der Waals surface area contributed by atoms with E-state index in [4.69, 9.17) is 28.4 Å². The van der Waals surface area contributed by atoms with Crippen molar-refractivity contribution >= 4 is 16.8 Å². The van der Waals surface area contributed by atoms with Crippen LogP contribution in [-0.4, -0.2) is 51.8 Å². The SMILES string of the molecule is COc1ccc(C2(c3ccc(OC)cc3)C=Cc3c4c(c5cc6c(cc5c3O2)OC(N2CCOCC2)O6)-c2ccc(C)cc2C42CCCCCCC2)cc1. The third kappa shape index (κ3) is 5.15. The zero-order valence-corrected chi connectivity index (χ0v) is 31.4. The van der Waals surface area contributed by atoms with Gasteiger partial charge in [-0.25, -0.2) is 4.90 Å². The van der Waals surface area contributed by atoms with Gasteiger partial charge in [0.25, 0.3) is 0 Å². The van der Waals surface area contributed by atoms with Gasteiger partial charge in [0.2, 0.25) is 0 Å². The molecule has 1 spiro atoms. The molecule has 3 aliphatic heterocycles. The van der Waals surface area contributed by atoms with Gasteiger partial charge in [-0.3, -0.25) is 0 Å².